The smallest absolute Gasteiger partial charge is 0.382 e. The molecule has 4 rings (SSSR count). The van der Waals surface area contributed by atoms with E-state index in [-0.39, 0.29) is 34.4 Å². The van der Waals surface area contributed by atoms with Gasteiger partial charge in [0.05, 0.1) is 16.5 Å². The van der Waals surface area contributed by atoms with Crippen molar-refractivity contribution in [3.8, 4) is 0 Å². The highest BCUT2D eigenvalue weighted by atomic mass is 32.2. The number of carbonyl (C=O) groups is 1. The Bertz CT molecular complexity index is 1100. The van der Waals surface area contributed by atoms with Crippen LogP contribution in [-0.4, -0.2) is 52.4 Å². The van der Waals surface area contributed by atoms with E-state index in [1.54, 1.807) is 0 Å². The molecule has 1 saturated heterocycles. The molecule has 1 aromatic carbocycles. The number of anilines is 1. The molecule has 0 amide bonds. The van der Waals surface area contributed by atoms with Gasteiger partial charge in [-0.2, -0.15) is 13.2 Å². The van der Waals surface area contributed by atoms with Gasteiger partial charge in [0.2, 0.25) is 0 Å². The molecule has 2 atom stereocenters. The van der Waals surface area contributed by atoms with Crippen molar-refractivity contribution < 1.29 is 31.6 Å². The van der Waals surface area contributed by atoms with E-state index in [0.717, 1.165) is 43.5 Å². The van der Waals surface area contributed by atoms with Crippen LogP contribution in [0.4, 0.5) is 27.6 Å². The third-order valence-corrected chi connectivity index (χ3v) is 6.91. The first kappa shape index (κ1) is 23.7. The molecule has 2 heterocycles. The average molecular weight is 492 g/mol. The second-order valence-corrected chi connectivity index (χ2v) is 9.23. The maximum atomic E-state index is 14.8. The molecule has 0 radical (unpaired) electrons. The van der Waals surface area contributed by atoms with Gasteiger partial charge in [0.15, 0.2) is 5.82 Å². The van der Waals surface area contributed by atoms with Crippen molar-refractivity contribution in [2.45, 2.75) is 55.1 Å². The summed E-state index contributed by atoms with van der Waals surface area (Å²) < 4.78 is 67.1. The molecule has 2 fully saturated rings. The first-order valence-corrected chi connectivity index (χ1v) is 11.5. The van der Waals surface area contributed by atoms with E-state index in [9.17, 15) is 31.5 Å². The predicted octanol–water partition coefficient (Wildman–Crippen LogP) is 2.95. The first-order valence-electron chi connectivity index (χ1n) is 10.4. The summed E-state index contributed by atoms with van der Waals surface area (Å²) in [6.45, 7) is 0.441. The van der Waals surface area contributed by atoms with Crippen LogP contribution in [0.2, 0.25) is 0 Å². The number of hydrogen-bond donors (Lipinski definition) is 2. The summed E-state index contributed by atoms with van der Waals surface area (Å²) in [7, 11) is 0. The van der Waals surface area contributed by atoms with E-state index < -0.39 is 40.3 Å². The van der Waals surface area contributed by atoms with Crippen molar-refractivity contribution in [3.63, 3.8) is 0 Å². The van der Waals surface area contributed by atoms with Crippen LogP contribution < -0.4 is 21.0 Å². The van der Waals surface area contributed by atoms with Gasteiger partial charge in [-0.05, 0) is 25.0 Å². The number of carbonyl (C=O) groups excluding carboxylic acids is 1. The van der Waals surface area contributed by atoms with Crippen molar-refractivity contribution >= 4 is 34.3 Å². The second-order valence-electron chi connectivity index (χ2n) is 8.01. The molecule has 13 heteroatoms. The molecule has 7 nitrogen and oxygen atoms in total. The van der Waals surface area contributed by atoms with Gasteiger partial charge in [0.1, 0.15) is 17.4 Å². The zero-order valence-electron chi connectivity index (χ0n) is 17.3. The molecule has 1 aromatic heterocycles. The monoisotopic (exact) mass is 492 g/mol. The average Bonchev–Trinajstić information content (AvgIpc) is 3.39. The van der Waals surface area contributed by atoms with Crippen molar-refractivity contribution in [3.05, 3.63) is 34.1 Å². The number of nitrogens with one attached hydrogen (secondary N) is 2. The molecule has 33 heavy (non-hydrogen) atoms. The van der Waals surface area contributed by atoms with E-state index in [2.05, 4.69) is 20.5 Å². The van der Waals surface area contributed by atoms with Gasteiger partial charge in [-0.25, -0.2) is 18.6 Å². The highest BCUT2D eigenvalue weighted by Crippen LogP contribution is 2.27. The number of halogens is 5. The Labute approximate surface area is 189 Å². The summed E-state index contributed by atoms with van der Waals surface area (Å²) in [5.41, 5.74) is -1.01. The molecule has 0 bridgehead atoms. The molecular formula is C20H21F5N4O3S. The van der Waals surface area contributed by atoms with Crippen molar-refractivity contribution in [2.75, 3.05) is 18.4 Å². The van der Waals surface area contributed by atoms with Gasteiger partial charge in [-0.15, -0.1) is 16.5 Å². The Morgan fingerprint density at radius 3 is 2.64 bits per heavy atom. The molecule has 0 spiro atoms. The van der Waals surface area contributed by atoms with Crippen LogP contribution in [0.1, 0.15) is 31.5 Å². The molecule has 1 aliphatic carbocycles. The molecular weight excluding hydrogens is 471 g/mol. The molecule has 2 N–H and O–H groups in total. The number of rotatable bonds is 6. The van der Waals surface area contributed by atoms with Crippen molar-refractivity contribution in [2.24, 2.45) is 0 Å². The van der Waals surface area contributed by atoms with E-state index in [1.165, 1.54) is 6.07 Å². The lowest BCUT2D eigenvalue weighted by Crippen LogP contribution is -2.40. The first-order chi connectivity index (χ1) is 15.6. The largest absolute Gasteiger partial charge is 0.493 e. The van der Waals surface area contributed by atoms with Crippen LogP contribution in [0.3, 0.4) is 0 Å². The van der Waals surface area contributed by atoms with Crippen LogP contribution in [0.25, 0.3) is 10.9 Å². The maximum absolute atomic E-state index is 14.8. The number of aromatic nitrogens is 2. The van der Waals surface area contributed by atoms with E-state index >= 15 is 0 Å². The molecule has 1 saturated carbocycles. The van der Waals surface area contributed by atoms with Crippen molar-refractivity contribution in [1.82, 2.24) is 15.0 Å². The van der Waals surface area contributed by atoms with E-state index in [0.29, 0.717) is 12.2 Å². The Kier molecular flexibility index (Phi) is 6.80. The number of alkyl halides is 4. The summed E-state index contributed by atoms with van der Waals surface area (Å²) in [5.74, 6) is -4.25. The SMILES string of the molecule is O=C(On1c(CSC2CNCC2F)nc2cc(NC3CCCC3)cc(F)c2c1=O)C(F)(F)F. The summed E-state index contributed by atoms with van der Waals surface area (Å²) in [6, 6.07) is 2.63. The van der Waals surface area contributed by atoms with Crippen LogP contribution in [0.15, 0.2) is 16.9 Å². The fourth-order valence-electron chi connectivity index (χ4n) is 3.97. The van der Waals surface area contributed by atoms with Gasteiger partial charge < -0.3 is 15.5 Å². The molecule has 2 unspecified atom stereocenters. The minimum Gasteiger partial charge on any atom is -0.382 e. The van der Waals surface area contributed by atoms with Crippen LogP contribution in [-0.2, 0) is 10.5 Å². The quantitative estimate of drug-likeness (QED) is 0.600. The Hall–Kier alpha value is -2.41. The van der Waals surface area contributed by atoms with Gasteiger partial charge in [0.25, 0.3) is 5.56 Å². The summed E-state index contributed by atoms with van der Waals surface area (Å²) in [4.78, 5) is 32.7. The van der Waals surface area contributed by atoms with Crippen molar-refractivity contribution in [1.29, 1.82) is 0 Å². The predicted molar refractivity (Wildman–Crippen MR) is 112 cm³/mol. The number of thioether (sulfide) groups is 1. The lowest BCUT2D eigenvalue weighted by Gasteiger charge is -2.17. The van der Waals surface area contributed by atoms with Gasteiger partial charge >= 0.3 is 12.1 Å². The number of fused-ring (bicyclic) bond motifs is 1. The fourth-order valence-corrected chi connectivity index (χ4v) is 5.06. The third-order valence-electron chi connectivity index (χ3n) is 5.60. The number of hydrogen-bond acceptors (Lipinski definition) is 7. The van der Waals surface area contributed by atoms with Crippen LogP contribution >= 0.6 is 11.8 Å². The lowest BCUT2D eigenvalue weighted by atomic mass is 10.1. The second kappa shape index (κ2) is 9.45. The summed E-state index contributed by atoms with van der Waals surface area (Å²) in [5, 5.41) is 4.87. The minimum atomic E-state index is -5.38. The Balaban J connectivity index is 1.73. The summed E-state index contributed by atoms with van der Waals surface area (Å²) in [6.07, 6.45) is -2.70. The fraction of sp³-hybridized carbons (Fsp3) is 0.550. The normalized spacial score (nSPS) is 21.6. The minimum absolute atomic E-state index is 0.0495. The summed E-state index contributed by atoms with van der Waals surface area (Å²) >= 11 is 1.00. The van der Waals surface area contributed by atoms with Gasteiger partial charge in [-0.3, -0.25) is 4.79 Å². The molecule has 2 aliphatic rings. The van der Waals surface area contributed by atoms with Crippen LogP contribution in [0.5, 0.6) is 0 Å². The zero-order valence-corrected chi connectivity index (χ0v) is 18.1. The van der Waals surface area contributed by atoms with E-state index in [1.807, 2.05) is 0 Å². The molecule has 2 aromatic rings. The zero-order chi connectivity index (χ0) is 23.8. The van der Waals surface area contributed by atoms with Crippen LogP contribution in [0, 0.1) is 5.82 Å². The number of nitrogens with zero attached hydrogens (tertiary/aromatic N) is 2. The Morgan fingerprint density at radius 1 is 1.27 bits per heavy atom. The molecule has 1 aliphatic heterocycles. The van der Waals surface area contributed by atoms with Gasteiger partial charge in [0, 0.05) is 24.8 Å². The third kappa shape index (κ3) is 5.24. The van der Waals surface area contributed by atoms with Gasteiger partial charge in [-0.1, -0.05) is 12.8 Å². The standard InChI is InChI=1S/C20H21F5N4O3S/c21-12-5-11(27-10-3-1-2-4-10)6-14-17(12)18(30)29(32-19(31)20(23,24)25)16(28-14)9-33-15-8-26-7-13(15)22/h5-6,10,13,15,26-27H,1-4,7-9H2. The topological polar surface area (TPSA) is 85.2 Å². The molecule has 180 valence electrons. The maximum Gasteiger partial charge on any atom is 0.493 e. The van der Waals surface area contributed by atoms with E-state index in [4.69, 9.17) is 0 Å². The highest BCUT2D eigenvalue weighted by molar-refractivity contribution is 7.99. The number of benzene rings is 1. The Morgan fingerprint density at radius 2 is 2.00 bits per heavy atom. The highest BCUT2D eigenvalue weighted by Gasteiger charge is 2.42. The lowest BCUT2D eigenvalue weighted by molar-refractivity contribution is -0.200.